The van der Waals surface area contributed by atoms with Crippen LogP contribution in [0, 0.1) is 31.6 Å². The molecule has 1 N–H and O–H groups in total. The molecule has 7 rings (SSSR count). The summed E-state index contributed by atoms with van der Waals surface area (Å²) in [4.78, 5) is 58.5. The fourth-order valence-electron chi connectivity index (χ4n) is 7.75. The summed E-state index contributed by atoms with van der Waals surface area (Å²) in [6, 6.07) is 18.2. The lowest BCUT2D eigenvalue weighted by atomic mass is 9.59. The maximum Gasteiger partial charge on any atom is 0.238 e. The topological polar surface area (TPSA) is 120 Å². The fourth-order valence-corrected chi connectivity index (χ4v) is 7.75. The number of benzene rings is 3. The molecule has 0 radical (unpaired) electrons. The smallest absolute Gasteiger partial charge is 0.238 e. The number of ketones is 2. The monoisotopic (exact) mass is 640 g/mol. The summed E-state index contributed by atoms with van der Waals surface area (Å²) >= 11 is 0. The van der Waals surface area contributed by atoms with Crippen molar-refractivity contribution in [2.45, 2.75) is 39.5 Å². The second kappa shape index (κ2) is 11.7. The van der Waals surface area contributed by atoms with Crippen LogP contribution in [0.3, 0.4) is 0 Å². The van der Waals surface area contributed by atoms with E-state index in [4.69, 9.17) is 0 Å². The van der Waals surface area contributed by atoms with Gasteiger partial charge in [0, 0.05) is 42.4 Å². The Morgan fingerprint density at radius 1 is 0.812 bits per heavy atom. The van der Waals surface area contributed by atoms with E-state index in [1.54, 1.807) is 45.0 Å². The molecule has 0 bridgehead atoms. The second-order valence-electron chi connectivity index (χ2n) is 13.4. The van der Waals surface area contributed by atoms with Crippen molar-refractivity contribution >= 4 is 46.1 Å². The number of fused-ring (bicyclic) bond motifs is 3. The second-order valence-corrected chi connectivity index (χ2v) is 13.4. The Labute approximate surface area is 279 Å². The highest BCUT2D eigenvalue weighted by molar-refractivity contribution is 6.25. The Morgan fingerprint density at radius 3 is 2.02 bits per heavy atom. The SMILES string of the molecule is CC1=CC(=O)C2=C(C1=O)[C@@H](c1cc(C)c(O)c(C)c1)C1=CC[C@@H]3C(=O)N(c4ccc(N=Nc5ccc(N(C)C)cc5)cc4)C(=O)[C@@H]3[C@@H]1C2. The molecule has 9 heteroatoms. The molecule has 2 amide bonds. The highest BCUT2D eigenvalue weighted by Crippen LogP contribution is 2.55. The van der Waals surface area contributed by atoms with E-state index in [1.165, 1.54) is 11.0 Å². The number of hydrogen-bond donors (Lipinski definition) is 1. The van der Waals surface area contributed by atoms with Gasteiger partial charge < -0.3 is 10.0 Å². The number of rotatable bonds is 5. The number of anilines is 2. The zero-order chi connectivity index (χ0) is 34.0. The van der Waals surface area contributed by atoms with Crippen molar-refractivity contribution in [3.63, 3.8) is 0 Å². The molecule has 4 atom stereocenters. The molecule has 1 fully saturated rings. The zero-order valence-electron chi connectivity index (χ0n) is 27.5. The summed E-state index contributed by atoms with van der Waals surface area (Å²) in [7, 11) is 3.93. The Balaban J connectivity index is 1.20. The number of carbonyl (C=O) groups is 4. The number of phenols is 1. The lowest BCUT2D eigenvalue weighted by Gasteiger charge is -2.42. The van der Waals surface area contributed by atoms with E-state index in [1.807, 2.05) is 61.5 Å². The van der Waals surface area contributed by atoms with Crippen LogP contribution in [0.15, 0.2) is 105 Å². The van der Waals surface area contributed by atoms with E-state index in [0.717, 1.165) is 16.8 Å². The van der Waals surface area contributed by atoms with Crippen molar-refractivity contribution in [3.8, 4) is 5.75 Å². The van der Waals surface area contributed by atoms with Crippen molar-refractivity contribution in [3.05, 3.63) is 112 Å². The third-order valence-electron chi connectivity index (χ3n) is 10.2. The third kappa shape index (κ3) is 5.01. The number of phenolic OH excluding ortho intramolecular Hbond substituents is 1. The summed E-state index contributed by atoms with van der Waals surface area (Å²) in [5, 5.41) is 19.2. The van der Waals surface area contributed by atoms with Crippen molar-refractivity contribution in [2.75, 3.05) is 23.9 Å². The van der Waals surface area contributed by atoms with Gasteiger partial charge >= 0.3 is 0 Å². The lowest BCUT2D eigenvalue weighted by Crippen LogP contribution is -2.39. The van der Waals surface area contributed by atoms with Crippen molar-refractivity contribution in [1.29, 1.82) is 0 Å². The van der Waals surface area contributed by atoms with Crippen molar-refractivity contribution in [1.82, 2.24) is 0 Å². The predicted molar refractivity (Wildman–Crippen MR) is 183 cm³/mol. The molecule has 1 aliphatic heterocycles. The van der Waals surface area contributed by atoms with Crippen LogP contribution in [0.5, 0.6) is 5.75 Å². The van der Waals surface area contributed by atoms with Gasteiger partial charge in [-0.15, -0.1) is 0 Å². The molecule has 1 saturated heterocycles. The van der Waals surface area contributed by atoms with Crippen molar-refractivity contribution in [2.24, 2.45) is 28.0 Å². The van der Waals surface area contributed by atoms with Gasteiger partial charge in [-0.1, -0.05) is 23.8 Å². The van der Waals surface area contributed by atoms with Crippen LogP contribution in [0.2, 0.25) is 0 Å². The molecule has 3 aromatic carbocycles. The molecular weight excluding hydrogens is 604 g/mol. The number of imide groups is 1. The standard InChI is InChI=1S/C39H36N4O5/c1-20-16-23(17-21(2)36(20)45)33-28-14-15-29-34(30(28)19-31-32(44)18-22(3)37(46)35(31)33)39(48)43(38(29)47)27-12-8-25(9-13-27)41-40-24-6-10-26(11-7-24)42(4)5/h6-14,16-18,29-30,33-34,45H,15,19H2,1-5H3/t29-,30+,33-,34-/m0/s1. The number of nitrogens with zero attached hydrogens (tertiary/aromatic N) is 4. The number of aromatic hydroxyl groups is 1. The van der Waals surface area contributed by atoms with E-state index < -0.39 is 23.7 Å². The van der Waals surface area contributed by atoms with Crippen LogP contribution < -0.4 is 9.80 Å². The average Bonchev–Trinajstić information content (AvgIpc) is 3.33. The molecular formula is C39H36N4O5. The Kier molecular flexibility index (Phi) is 7.58. The quantitative estimate of drug-likeness (QED) is 0.137. The van der Waals surface area contributed by atoms with Gasteiger partial charge in [-0.25, -0.2) is 0 Å². The molecule has 1 heterocycles. The minimum absolute atomic E-state index is 0.179. The molecule has 242 valence electrons. The predicted octanol–water partition coefficient (Wildman–Crippen LogP) is 7.12. The van der Waals surface area contributed by atoms with Gasteiger partial charge in [0.25, 0.3) is 0 Å². The maximum atomic E-state index is 14.3. The van der Waals surface area contributed by atoms with Crippen LogP contribution in [-0.4, -0.2) is 42.6 Å². The van der Waals surface area contributed by atoms with Gasteiger partial charge in [0.05, 0.1) is 28.9 Å². The van der Waals surface area contributed by atoms with Crippen LogP contribution in [0.25, 0.3) is 0 Å². The third-order valence-corrected chi connectivity index (χ3v) is 10.2. The number of Topliss-reactive ketones (excluding diaryl/α,β-unsaturated/α-hetero) is 1. The van der Waals surface area contributed by atoms with Gasteiger partial charge in [0.15, 0.2) is 11.6 Å². The highest BCUT2D eigenvalue weighted by Gasteiger charge is 2.56. The van der Waals surface area contributed by atoms with E-state index in [2.05, 4.69) is 10.2 Å². The van der Waals surface area contributed by atoms with E-state index in [0.29, 0.717) is 51.3 Å². The first kappa shape index (κ1) is 31.2. The van der Waals surface area contributed by atoms with Gasteiger partial charge in [0.1, 0.15) is 5.75 Å². The Morgan fingerprint density at radius 2 is 1.42 bits per heavy atom. The number of azo groups is 1. The maximum absolute atomic E-state index is 14.3. The average molecular weight is 641 g/mol. The fraction of sp³-hybridized carbons (Fsp3) is 0.282. The summed E-state index contributed by atoms with van der Waals surface area (Å²) in [6.07, 6.45) is 3.95. The summed E-state index contributed by atoms with van der Waals surface area (Å²) < 4.78 is 0. The summed E-state index contributed by atoms with van der Waals surface area (Å²) in [5.41, 5.74) is 7.01. The number of aryl methyl sites for hydroxylation is 2. The largest absolute Gasteiger partial charge is 0.507 e. The van der Waals surface area contributed by atoms with Crippen LogP contribution >= 0.6 is 0 Å². The van der Waals surface area contributed by atoms with Crippen molar-refractivity contribution < 1.29 is 24.3 Å². The van der Waals surface area contributed by atoms with E-state index in [9.17, 15) is 24.3 Å². The number of hydrogen-bond acceptors (Lipinski definition) is 8. The molecule has 0 aromatic heterocycles. The first-order valence-electron chi connectivity index (χ1n) is 16.1. The van der Waals surface area contributed by atoms with Crippen LogP contribution in [0.1, 0.15) is 42.4 Å². The molecule has 3 aliphatic carbocycles. The first-order valence-corrected chi connectivity index (χ1v) is 16.1. The normalized spacial score (nSPS) is 23.6. The van der Waals surface area contributed by atoms with Gasteiger partial charge in [0.2, 0.25) is 11.8 Å². The lowest BCUT2D eigenvalue weighted by molar-refractivity contribution is -0.123. The van der Waals surface area contributed by atoms with E-state index in [-0.39, 0.29) is 35.6 Å². The van der Waals surface area contributed by atoms with Gasteiger partial charge in [-0.3, -0.25) is 24.1 Å². The summed E-state index contributed by atoms with van der Waals surface area (Å²) in [6.45, 7) is 5.26. The Hall–Kier alpha value is -5.44. The first-order chi connectivity index (χ1) is 22.9. The van der Waals surface area contributed by atoms with Crippen LogP contribution in [-0.2, 0) is 19.2 Å². The zero-order valence-corrected chi connectivity index (χ0v) is 27.5. The molecule has 9 nitrogen and oxygen atoms in total. The number of amides is 2. The van der Waals surface area contributed by atoms with E-state index >= 15 is 0 Å². The summed E-state index contributed by atoms with van der Waals surface area (Å²) in [5.74, 6) is -3.05. The molecule has 4 aliphatic rings. The molecule has 0 spiro atoms. The number of carbonyl (C=O) groups excluding carboxylic acids is 4. The minimum Gasteiger partial charge on any atom is -0.507 e. The molecule has 3 aromatic rings. The minimum atomic E-state index is -0.673. The molecule has 0 unspecified atom stereocenters. The van der Waals surface area contributed by atoms with Crippen LogP contribution in [0.4, 0.5) is 22.7 Å². The highest BCUT2D eigenvalue weighted by atomic mass is 16.3. The molecule has 0 saturated carbocycles. The number of allylic oxidation sites excluding steroid dienone is 6. The van der Waals surface area contributed by atoms with Gasteiger partial charge in [-0.05, 0) is 111 Å². The Bertz CT molecular complexity index is 2010. The van der Waals surface area contributed by atoms with Gasteiger partial charge in [-0.2, -0.15) is 10.2 Å². The molecule has 48 heavy (non-hydrogen) atoms.